The fraction of sp³-hybridized carbons (Fsp3) is 0.500. The maximum Gasteiger partial charge on any atom is 0.229 e. The van der Waals surface area contributed by atoms with Crippen molar-refractivity contribution in [1.82, 2.24) is 5.32 Å². The molecule has 3 rings (SSSR count). The van der Waals surface area contributed by atoms with Gasteiger partial charge < -0.3 is 5.32 Å². The molecule has 20 heavy (non-hydrogen) atoms. The number of aliphatic imine (C=N–C) groups is 1. The molecule has 2 aliphatic rings. The van der Waals surface area contributed by atoms with Gasteiger partial charge in [-0.3, -0.25) is 9.79 Å². The molecule has 106 valence electrons. The summed E-state index contributed by atoms with van der Waals surface area (Å²) < 4.78 is 0. The summed E-state index contributed by atoms with van der Waals surface area (Å²) in [4.78, 5) is 16.4. The van der Waals surface area contributed by atoms with Crippen LogP contribution in [-0.2, 0) is 4.79 Å². The van der Waals surface area contributed by atoms with Crippen molar-refractivity contribution in [3.63, 3.8) is 0 Å². The van der Waals surface area contributed by atoms with E-state index in [1.54, 1.807) is 11.8 Å². The highest BCUT2D eigenvalue weighted by Crippen LogP contribution is 2.47. The summed E-state index contributed by atoms with van der Waals surface area (Å²) in [7, 11) is 0. The van der Waals surface area contributed by atoms with Gasteiger partial charge in [-0.05, 0) is 29.4 Å². The van der Waals surface area contributed by atoms with Crippen molar-refractivity contribution in [2.45, 2.75) is 32.1 Å². The third-order valence-electron chi connectivity index (χ3n) is 3.97. The van der Waals surface area contributed by atoms with E-state index >= 15 is 0 Å². The van der Waals surface area contributed by atoms with Gasteiger partial charge in [-0.15, -0.1) is 0 Å². The predicted molar refractivity (Wildman–Crippen MR) is 84.3 cm³/mol. The van der Waals surface area contributed by atoms with Crippen LogP contribution in [0.25, 0.3) is 0 Å². The van der Waals surface area contributed by atoms with Crippen molar-refractivity contribution >= 4 is 22.8 Å². The van der Waals surface area contributed by atoms with Crippen LogP contribution in [0.3, 0.4) is 0 Å². The van der Waals surface area contributed by atoms with E-state index in [0.29, 0.717) is 11.8 Å². The van der Waals surface area contributed by atoms with Gasteiger partial charge in [0.15, 0.2) is 5.17 Å². The lowest BCUT2D eigenvalue weighted by molar-refractivity contribution is -0.120. The zero-order valence-corrected chi connectivity index (χ0v) is 12.7. The first-order valence-corrected chi connectivity index (χ1v) is 8.21. The molecule has 0 aromatic heterocycles. The first-order chi connectivity index (χ1) is 9.65. The number of hydrogen-bond donors (Lipinski definition) is 1. The van der Waals surface area contributed by atoms with Crippen LogP contribution >= 0.6 is 11.8 Å². The van der Waals surface area contributed by atoms with Gasteiger partial charge in [-0.1, -0.05) is 49.9 Å². The van der Waals surface area contributed by atoms with Crippen LogP contribution in [0.4, 0.5) is 0 Å². The average Bonchev–Trinajstić information content (AvgIpc) is 3.10. The molecule has 1 aromatic rings. The first-order valence-electron chi connectivity index (χ1n) is 7.23. The number of rotatable bonds is 3. The molecule has 1 amide bonds. The fourth-order valence-corrected chi connectivity index (χ4v) is 3.32. The Labute approximate surface area is 124 Å². The number of amidine groups is 1. The van der Waals surface area contributed by atoms with E-state index < -0.39 is 0 Å². The van der Waals surface area contributed by atoms with Gasteiger partial charge in [-0.2, -0.15) is 0 Å². The Kier molecular flexibility index (Phi) is 3.83. The Hall–Kier alpha value is -1.29. The van der Waals surface area contributed by atoms with Crippen molar-refractivity contribution in [2.75, 3.05) is 12.3 Å². The number of carbonyl (C=O) groups is 1. The molecule has 1 heterocycles. The lowest BCUT2D eigenvalue weighted by Gasteiger charge is -2.07. The molecule has 0 spiro atoms. The summed E-state index contributed by atoms with van der Waals surface area (Å²) in [5, 5.41) is 3.75. The van der Waals surface area contributed by atoms with Gasteiger partial charge in [0.25, 0.3) is 0 Å². The second-order valence-electron chi connectivity index (χ2n) is 5.79. The number of benzene rings is 1. The SMILES string of the molecule is CC(C)c1ccc([C@H]2C[C@@H]2C(=O)NC2=NCCS2)cc1. The summed E-state index contributed by atoms with van der Waals surface area (Å²) in [5.74, 6) is 2.20. The number of amides is 1. The Morgan fingerprint density at radius 1 is 1.35 bits per heavy atom. The molecule has 4 heteroatoms. The summed E-state index contributed by atoms with van der Waals surface area (Å²) in [6.07, 6.45) is 0.963. The molecule has 2 atom stereocenters. The van der Waals surface area contributed by atoms with E-state index in [4.69, 9.17) is 0 Å². The Morgan fingerprint density at radius 3 is 2.70 bits per heavy atom. The number of carbonyl (C=O) groups excluding carboxylic acids is 1. The minimum Gasteiger partial charge on any atom is -0.305 e. The van der Waals surface area contributed by atoms with E-state index in [1.807, 2.05) is 0 Å². The van der Waals surface area contributed by atoms with E-state index in [-0.39, 0.29) is 11.8 Å². The quantitative estimate of drug-likeness (QED) is 0.928. The number of nitrogens with zero attached hydrogens (tertiary/aromatic N) is 1. The molecule has 0 radical (unpaired) electrons. The Bertz CT molecular complexity index is 536. The average molecular weight is 288 g/mol. The zero-order chi connectivity index (χ0) is 14.1. The van der Waals surface area contributed by atoms with Crippen LogP contribution in [0.2, 0.25) is 0 Å². The zero-order valence-electron chi connectivity index (χ0n) is 11.9. The van der Waals surface area contributed by atoms with Crippen LogP contribution in [0.15, 0.2) is 29.3 Å². The van der Waals surface area contributed by atoms with Crippen molar-refractivity contribution in [2.24, 2.45) is 10.9 Å². The van der Waals surface area contributed by atoms with E-state index in [0.717, 1.165) is 23.9 Å². The Morgan fingerprint density at radius 2 is 2.10 bits per heavy atom. The normalized spacial score (nSPS) is 24.6. The fourth-order valence-electron chi connectivity index (χ4n) is 2.59. The molecule has 3 nitrogen and oxygen atoms in total. The van der Waals surface area contributed by atoms with E-state index in [1.165, 1.54) is 11.1 Å². The maximum absolute atomic E-state index is 12.1. The summed E-state index contributed by atoms with van der Waals surface area (Å²) in [5.41, 5.74) is 2.64. The van der Waals surface area contributed by atoms with Crippen LogP contribution in [-0.4, -0.2) is 23.4 Å². The van der Waals surface area contributed by atoms with Crippen molar-refractivity contribution < 1.29 is 4.79 Å². The lowest BCUT2D eigenvalue weighted by atomic mass is 10.00. The number of hydrogen-bond acceptors (Lipinski definition) is 3. The standard InChI is InChI=1S/C16H20N2OS/c1-10(2)11-3-5-12(6-4-11)13-9-14(13)15(19)18-16-17-7-8-20-16/h3-6,10,13-14H,7-9H2,1-2H3,(H,17,18,19)/t13-,14+/m1/s1. The van der Waals surface area contributed by atoms with E-state index in [9.17, 15) is 4.79 Å². The van der Waals surface area contributed by atoms with Crippen LogP contribution in [0.5, 0.6) is 0 Å². The summed E-state index contributed by atoms with van der Waals surface area (Å²) in [6, 6.07) is 8.72. The third kappa shape index (κ3) is 2.90. The van der Waals surface area contributed by atoms with Gasteiger partial charge in [0.1, 0.15) is 0 Å². The van der Waals surface area contributed by atoms with Gasteiger partial charge >= 0.3 is 0 Å². The maximum atomic E-state index is 12.1. The smallest absolute Gasteiger partial charge is 0.229 e. The second kappa shape index (κ2) is 5.60. The van der Waals surface area contributed by atoms with Crippen LogP contribution in [0.1, 0.15) is 43.2 Å². The molecule has 0 bridgehead atoms. The highest BCUT2D eigenvalue weighted by molar-refractivity contribution is 8.14. The molecule has 1 N–H and O–H groups in total. The molecular weight excluding hydrogens is 268 g/mol. The lowest BCUT2D eigenvalue weighted by Crippen LogP contribution is -2.29. The molecule has 0 unspecified atom stereocenters. The van der Waals surface area contributed by atoms with Gasteiger partial charge in [0, 0.05) is 11.7 Å². The number of nitrogens with one attached hydrogen (secondary N) is 1. The topological polar surface area (TPSA) is 41.5 Å². The van der Waals surface area contributed by atoms with Gasteiger partial charge in [0.05, 0.1) is 6.54 Å². The van der Waals surface area contributed by atoms with E-state index in [2.05, 4.69) is 48.4 Å². The molecule has 1 fully saturated rings. The minimum atomic E-state index is 0.129. The van der Waals surface area contributed by atoms with Crippen LogP contribution < -0.4 is 5.32 Å². The minimum absolute atomic E-state index is 0.129. The predicted octanol–water partition coefficient (Wildman–Crippen LogP) is 3.13. The summed E-state index contributed by atoms with van der Waals surface area (Å²) >= 11 is 1.64. The molecule has 0 saturated heterocycles. The highest BCUT2D eigenvalue weighted by Gasteiger charge is 2.44. The third-order valence-corrected chi connectivity index (χ3v) is 4.87. The monoisotopic (exact) mass is 288 g/mol. The first kappa shape index (κ1) is 13.7. The Balaban J connectivity index is 1.59. The highest BCUT2D eigenvalue weighted by atomic mass is 32.2. The molecule has 1 aromatic carbocycles. The molecule has 1 aliphatic carbocycles. The van der Waals surface area contributed by atoms with Crippen molar-refractivity contribution in [1.29, 1.82) is 0 Å². The molecule has 1 aliphatic heterocycles. The summed E-state index contributed by atoms with van der Waals surface area (Å²) in [6.45, 7) is 5.22. The number of thioether (sulfide) groups is 1. The van der Waals surface area contributed by atoms with Crippen molar-refractivity contribution in [3.8, 4) is 0 Å². The van der Waals surface area contributed by atoms with Crippen molar-refractivity contribution in [3.05, 3.63) is 35.4 Å². The largest absolute Gasteiger partial charge is 0.305 e. The van der Waals surface area contributed by atoms with Crippen LogP contribution in [0, 0.1) is 5.92 Å². The molecule has 1 saturated carbocycles. The van der Waals surface area contributed by atoms with Gasteiger partial charge in [0.2, 0.25) is 5.91 Å². The second-order valence-corrected chi connectivity index (χ2v) is 6.88. The molecular formula is C16H20N2OS. The van der Waals surface area contributed by atoms with Gasteiger partial charge in [-0.25, -0.2) is 0 Å².